The highest BCUT2D eigenvalue weighted by atomic mass is 19.1. The summed E-state index contributed by atoms with van der Waals surface area (Å²) in [7, 11) is 0. The first-order valence-electron chi connectivity index (χ1n) is 5.74. The molecule has 1 atom stereocenters. The first-order chi connectivity index (χ1) is 9.08. The molecule has 3 nitrogen and oxygen atoms in total. The number of carbonyl (C=O) groups excluding carboxylic acids is 1. The van der Waals surface area contributed by atoms with E-state index < -0.39 is 17.7 Å². The molecule has 0 radical (unpaired) electrons. The molecule has 0 aliphatic heterocycles. The van der Waals surface area contributed by atoms with Gasteiger partial charge in [-0.25, -0.2) is 8.78 Å². The van der Waals surface area contributed by atoms with E-state index in [1.54, 1.807) is 25.3 Å². The van der Waals surface area contributed by atoms with Gasteiger partial charge in [-0.2, -0.15) is 0 Å². The van der Waals surface area contributed by atoms with E-state index in [2.05, 4.69) is 10.3 Å². The van der Waals surface area contributed by atoms with Crippen molar-refractivity contribution in [3.8, 4) is 0 Å². The molecular formula is C14H12F2N2O. The molecular weight excluding hydrogens is 250 g/mol. The number of nitrogens with zero attached hydrogens (tertiary/aromatic N) is 1. The molecule has 2 rings (SSSR count). The third-order valence-electron chi connectivity index (χ3n) is 2.70. The summed E-state index contributed by atoms with van der Waals surface area (Å²) in [5.41, 5.74) is 0.621. The van der Waals surface area contributed by atoms with Crippen LogP contribution in [0.2, 0.25) is 0 Å². The number of amides is 1. The molecule has 1 N–H and O–H groups in total. The molecule has 0 saturated heterocycles. The van der Waals surface area contributed by atoms with Gasteiger partial charge in [-0.1, -0.05) is 6.07 Å². The fraction of sp³-hybridized carbons (Fsp3) is 0.143. The van der Waals surface area contributed by atoms with Crippen LogP contribution in [-0.4, -0.2) is 10.9 Å². The van der Waals surface area contributed by atoms with Gasteiger partial charge in [-0.05, 0) is 25.1 Å². The smallest absolute Gasteiger partial charge is 0.253 e. The van der Waals surface area contributed by atoms with Crippen LogP contribution in [-0.2, 0) is 0 Å². The van der Waals surface area contributed by atoms with Gasteiger partial charge >= 0.3 is 0 Å². The number of aromatic nitrogens is 1. The van der Waals surface area contributed by atoms with Crippen LogP contribution in [0, 0.1) is 11.6 Å². The molecule has 1 amide bonds. The van der Waals surface area contributed by atoms with Crippen molar-refractivity contribution < 1.29 is 13.6 Å². The van der Waals surface area contributed by atoms with Crippen molar-refractivity contribution >= 4 is 5.91 Å². The number of pyridine rings is 1. The average molecular weight is 262 g/mol. The van der Waals surface area contributed by atoms with Crippen LogP contribution in [0.25, 0.3) is 0 Å². The van der Waals surface area contributed by atoms with E-state index in [-0.39, 0.29) is 11.5 Å². The van der Waals surface area contributed by atoms with Gasteiger partial charge in [0.2, 0.25) is 0 Å². The van der Waals surface area contributed by atoms with Crippen LogP contribution >= 0.6 is 0 Å². The topological polar surface area (TPSA) is 42.0 Å². The van der Waals surface area contributed by atoms with Crippen molar-refractivity contribution in [3.05, 3.63) is 65.5 Å². The predicted molar refractivity (Wildman–Crippen MR) is 66.5 cm³/mol. The Balaban J connectivity index is 2.13. The monoisotopic (exact) mass is 262 g/mol. The van der Waals surface area contributed by atoms with Crippen LogP contribution in [0.1, 0.15) is 28.9 Å². The minimum atomic E-state index is -0.681. The van der Waals surface area contributed by atoms with Crippen LogP contribution in [0.3, 0.4) is 0 Å². The molecule has 0 saturated carbocycles. The standard InChI is InChI=1S/C14H12F2N2O/c1-9(12-5-4-11(15)7-13(12)16)18-14(19)10-3-2-6-17-8-10/h2-9H,1H3,(H,18,19)/t9-/m1/s1. The lowest BCUT2D eigenvalue weighted by Crippen LogP contribution is -2.27. The minimum absolute atomic E-state index is 0.235. The molecule has 1 aromatic heterocycles. The summed E-state index contributed by atoms with van der Waals surface area (Å²) < 4.78 is 26.4. The molecule has 2 aromatic rings. The quantitative estimate of drug-likeness (QED) is 0.924. The maximum absolute atomic E-state index is 13.6. The van der Waals surface area contributed by atoms with Crippen molar-refractivity contribution in [1.29, 1.82) is 0 Å². The van der Waals surface area contributed by atoms with E-state index in [4.69, 9.17) is 0 Å². The second-order valence-electron chi connectivity index (χ2n) is 4.10. The lowest BCUT2D eigenvalue weighted by atomic mass is 10.1. The van der Waals surface area contributed by atoms with Crippen molar-refractivity contribution in [2.75, 3.05) is 0 Å². The fourth-order valence-electron chi connectivity index (χ4n) is 1.71. The normalized spacial score (nSPS) is 11.9. The van der Waals surface area contributed by atoms with E-state index in [9.17, 15) is 13.6 Å². The highest BCUT2D eigenvalue weighted by Gasteiger charge is 2.15. The number of hydrogen-bond donors (Lipinski definition) is 1. The molecule has 19 heavy (non-hydrogen) atoms. The van der Waals surface area contributed by atoms with Gasteiger partial charge in [0.1, 0.15) is 11.6 Å². The van der Waals surface area contributed by atoms with E-state index in [1.807, 2.05) is 0 Å². The first-order valence-corrected chi connectivity index (χ1v) is 5.74. The second-order valence-corrected chi connectivity index (χ2v) is 4.10. The molecule has 0 spiro atoms. The van der Waals surface area contributed by atoms with Gasteiger partial charge < -0.3 is 5.32 Å². The summed E-state index contributed by atoms with van der Waals surface area (Å²) in [5, 5.41) is 2.63. The van der Waals surface area contributed by atoms with Gasteiger partial charge in [0.15, 0.2) is 0 Å². The number of benzene rings is 1. The second kappa shape index (κ2) is 5.56. The molecule has 0 unspecified atom stereocenters. The number of hydrogen-bond acceptors (Lipinski definition) is 2. The average Bonchev–Trinajstić information content (AvgIpc) is 2.39. The van der Waals surface area contributed by atoms with Gasteiger partial charge in [0, 0.05) is 24.0 Å². The Morgan fingerprint density at radius 1 is 1.32 bits per heavy atom. The zero-order chi connectivity index (χ0) is 13.8. The van der Waals surface area contributed by atoms with Crippen LogP contribution in [0.4, 0.5) is 8.78 Å². The predicted octanol–water partition coefficient (Wildman–Crippen LogP) is 2.85. The summed E-state index contributed by atoms with van der Waals surface area (Å²) in [6, 6.07) is 5.95. The van der Waals surface area contributed by atoms with E-state index in [0.717, 1.165) is 12.1 Å². The fourth-order valence-corrected chi connectivity index (χ4v) is 1.71. The molecule has 1 heterocycles. The third kappa shape index (κ3) is 3.13. The van der Waals surface area contributed by atoms with Crippen LogP contribution in [0.15, 0.2) is 42.7 Å². The first kappa shape index (κ1) is 13.1. The van der Waals surface area contributed by atoms with Crippen LogP contribution in [0.5, 0.6) is 0 Å². The summed E-state index contributed by atoms with van der Waals surface area (Å²) in [6.07, 6.45) is 2.98. The Kier molecular flexibility index (Phi) is 3.85. The molecule has 5 heteroatoms. The highest BCUT2D eigenvalue weighted by molar-refractivity contribution is 5.94. The van der Waals surface area contributed by atoms with E-state index >= 15 is 0 Å². The van der Waals surface area contributed by atoms with Gasteiger partial charge in [-0.15, -0.1) is 0 Å². The number of nitrogens with one attached hydrogen (secondary N) is 1. The summed E-state index contributed by atoms with van der Waals surface area (Å²) in [5.74, 6) is -1.68. The van der Waals surface area contributed by atoms with Crippen molar-refractivity contribution in [2.24, 2.45) is 0 Å². The molecule has 0 aliphatic carbocycles. The minimum Gasteiger partial charge on any atom is -0.345 e. The lowest BCUT2D eigenvalue weighted by Gasteiger charge is -2.15. The van der Waals surface area contributed by atoms with Crippen LogP contribution < -0.4 is 5.32 Å². The van der Waals surface area contributed by atoms with Crippen molar-refractivity contribution in [3.63, 3.8) is 0 Å². The van der Waals surface area contributed by atoms with Gasteiger partial charge in [0.05, 0.1) is 11.6 Å². The molecule has 98 valence electrons. The zero-order valence-corrected chi connectivity index (χ0v) is 10.2. The summed E-state index contributed by atoms with van der Waals surface area (Å²) >= 11 is 0. The van der Waals surface area contributed by atoms with E-state index in [1.165, 1.54) is 12.3 Å². The molecule has 0 aliphatic rings. The SMILES string of the molecule is C[C@@H](NC(=O)c1cccnc1)c1ccc(F)cc1F. The maximum atomic E-state index is 13.6. The summed E-state index contributed by atoms with van der Waals surface area (Å²) in [6.45, 7) is 1.63. The Bertz CT molecular complexity index is 587. The third-order valence-corrected chi connectivity index (χ3v) is 2.70. The van der Waals surface area contributed by atoms with Gasteiger partial charge in [0.25, 0.3) is 5.91 Å². The Labute approximate surface area is 109 Å². The number of carbonyl (C=O) groups is 1. The van der Waals surface area contributed by atoms with Crippen molar-refractivity contribution in [1.82, 2.24) is 10.3 Å². The molecule has 1 aromatic carbocycles. The molecule has 0 bridgehead atoms. The Morgan fingerprint density at radius 2 is 2.11 bits per heavy atom. The Hall–Kier alpha value is -2.30. The van der Waals surface area contributed by atoms with Gasteiger partial charge in [-0.3, -0.25) is 9.78 Å². The Morgan fingerprint density at radius 3 is 2.74 bits per heavy atom. The summed E-state index contributed by atoms with van der Waals surface area (Å²) in [4.78, 5) is 15.7. The number of halogens is 2. The van der Waals surface area contributed by atoms with Crippen molar-refractivity contribution in [2.45, 2.75) is 13.0 Å². The van der Waals surface area contributed by atoms with E-state index in [0.29, 0.717) is 5.56 Å². The maximum Gasteiger partial charge on any atom is 0.253 e. The zero-order valence-electron chi connectivity index (χ0n) is 10.2. The largest absolute Gasteiger partial charge is 0.345 e. The number of rotatable bonds is 3. The lowest BCUT2D eigenvalue weighted by molar-refractivity contribution is 0.0939. The molecule has 0 fully saturated rings. The highest BCUT2D eigenvalue weighted by Crippen LogP contribution is 2.18.